The molecule has 3 nitrogen and oxygen atoms in total. The molecular formula is C11H22N2O. The number of amides is 1. The molecule has 0 aliphatic carbocycles. The Morgan fingerprint density at radius 2 is 2.07 bits per heavy atom. The summed E-state index contributed by atoms with van der Waals surface area (Å²) in [6, 6.07) is 0. The van der Waals surface area contributed by atoms with E-state index in [0.29, 0.717) is 11.8 Å². The van der Waals surface area contributed by atoms with Crippen LogP contribution < -0.4 is 0 Å². The van der Waals surface area contributed by atoms with E-state index in [0.717, 1.165) is 32.5 Å². The van der Waals surface area contributed by atoms with Gasteiger partial charge in [0.1, 0.15) is 0 Å². The zero-order chi connectivity index (χ0) is 10.6. The number of carbonyl (C=O) groups is 1. The van der Waals surface area contributed by atoms with Gasteiger partial charge in [0.2, 0.25) is 5.91 Å². The average Bonchev–Trinajstić information content (AvgIpc) is 1.97. The first-order valence-corrected chi connectivity index (χ1v) is 5.52. The lowest BCUT2D eigenvalue weighted by atomic mass is 10.0. The third-order valence-corrected chi connectivity index (χ3v) is 2.80. The van der Waals surface area contributed by atoms with Crippen LogP contribution in [0.3, 0.4) is 0 Å². The van der Waals surface area contributed by atoms with Crippen molar-refractivity contribution in [2.75, 3.05) is 33.7 Å². The highest BCUT2D eigenvalue weighted by Gasteiger charge is 2.21. The van der Waals surface area contributed by atoms with Crippen molar-refractivity contribution in [3.8, 4) is 0 Å². The lowest BCUT2D eigenvalue weighted by Gasteiger charge is -2.32. The smallest absolute Gasteiger partial charge is 0.222 e. The Morgan fingerprint density at radius 1 is 1.43 bits per heavy atom. The third-order valence-electron chi connectivity index (χ3n) is 2.80. The summed E-state index contributed by atoms with van der Waals surface area (Å²) in [6.07, 6.45) is 3.04. The number of likely N-dealkylation sites (tertiary alicyclic amines) is 1. The summed E-state index contributed by atoms with van der Waals surface area (Å²) in [7, 11) is 4.15. The van der Waals surface area contributed by atoms with Crippen LogP contribution in [0.2, 0.25) is 0 Å². The van der Waals surface area contributed by atoms with Crippen molar-refractivity contribution in [3.63, 3.8) is 0 Å². The van der Waals surface area contributed by atoms with E-state index in [1.165, 1.54) is 6.42 Å². The number of carbonyl (C=O) groups excluding carboxylic acids is 1. The van der Waals surface area contributed by atoms with Gasteiger partial charge in [0, 0.05) is 19.5 Å². The fourth-order valence-electron chi connectivity index (χ4n) is 1.57. The molecule has 1 unspecified atom stereocenters. The van der Waals surface area contributed by atoms with Gasteiger partial charge in [0.25, 0.3) is 0 Å². The second kappa shape index (κ2) is 5.35. The van der Waals surface area contributed by atoms with Crippen LogP contribution in [0.4, 0.5) is 0 Å². The van der Waals surface area contributed by atoms with Gasteiger partial charge < -0.3 is 9.80 Å². The monoisotopic (exact) mass is 198 g/mol. The Morgan fingerprint density at radius 3 is 2.50 bits per heavy atom. The summed E-state index contributed by atoms with van der Waals surface area (Å²) < 4.78 is 0. The van der Waals surface area contributed by atoms with Gasteiger partial charge in [-0.05, 0) is 39.4 Å². The minimum Gasteiger partial charge on any atom is -0.343 e. The molecule has 1 aliphatic rings. The number of hydrogen-bond donors (Lipinski definition) is 0. The van der Waals surface area contributed by atoms with Crippen molar-refractivity contribution in [2.45, 2.75) is 26.2 Å². The molecule has 0 aromatic rings. The van der Waals surface area contributed by atoms with Crippen LogP contribution in [0.1, 0.15) is 26.2 Å². The van der Waals surface area contributed by atoms with E-state index in [9.17, 15) is 4.79 Å². The van der Waals surface area contributed by atoms with E-state index in [1.807, 2.05) is 4.90 Å². The van der Waals surface area contributed by atoms with E-state index < -0.39 is 0 Å². The standard InChI is InChI=1S/C11H22N2O/c1-10(5-8-12(2)3)9-11(14)13-6-4-7-13/h10H,4-9H2,1-3H3. The number of rotatable bonds is 5. The van der Waals surface area contributed by atoms with E-state index >= 15 is 0 Å². The maximum Gasteiger partial charge on any atom is 0.222 e. The first kappa shape index (κ1) is 11.5. The molecule has 3 heteroatoms. The van der Waals surface area contributed by atoms with Crippen LogP contribution >= 0.6 is 0 Å². The molecule has 0 radical (unpaired) electrons. The van der Waals surface area contributed by atoms with Crippen molar-refractivity contribution in [2.24, 2.45) is 5.92 Å². The van der Waals surface area contributed by atoms with Gasteiger partial charge in [-0.25, -0.2) is 0 Å². The van der Waals surface area contributed by atoms with Crippen molar-refractivity contribution in [3.05, 3.63) is 0 Å². The van der Waals surface area contributed by atoms with Crippen LogP contribution in [0.25, 0.3) is 0 Å². The summed E-state index contributed by atoms with van der Waals surface area (Å²) in [6.45, 7) is 5.22. The van der Waals surface area contributed by atoms with Gasteiger partial charge in [-0.3, -0.25) is 4.79 Å². The fourth-order valence-corrected chi connectivity index (χ4v) is 1.57. The second-order valence-corrected chi connectivity index (χ2v) is 4.64. The molecule has 0 saturated carbocycles. The second-order valence-electron chi connectivity index (χ2n) is 4.64. The molecule has 0 aromatic carbocycles. The van der Waals surface area contributed by atoms with E-state index in [-0.39, 0.29) is 0 Å². The Labute approximate surface area is 87.1 Å². The molecule has 1 heterocycles. The lowest BCUT2D eigenvalue weighted by Crippen LogP contribution is -2.42. The molecule has 1 saturated heterocycles. The Kier molecular flexibility index (Phi) is 4.39. The third kappa shape index (κ3) is 3.66. The molecule has 1 amide bonds. The SMILES string of the molecule is CC(CCN(C)C)CC(=O)N1CCC1. The van der Waals surface area contributed by atoms with Crippen LogP contribution in [0.5, 0.6) is 0 Å². The molecule has 0 spiro atoms. The van der Waals surface area contributed by atoms with Gasteiger partial charge in [-0.1, -0.05) is 6.92 Å². The maximum atomic E-state index is 11.6. The van der Waals surface area contributed by atoms with E-state index in [1.54, 1.807) is 0 Å². The van der Waals surface area contributed by atoms with Gasteiger partial charge in [0.15, 0.2) is 0 Å². The number of nitrogens with zero attached hydrogens (tertiary/aromatic N) is 2. The summed E-state index contributed by atoms with van der Waals surface area (Å²) in [5, 5.41) is 0. The predicted octanol–water partition coefficient (Wildman–Crippen LogP) is 1.20. The van der Waals surface area contributed by atoms with Crippen molar-refractivity contribution in [1.29, 1.82) is 0 Å². The van der Waals surface area contributed by atoms with Crippen LogP contribution in [0.15, 0.2) is 0 Å². The maximum absolute atomic E-state index is 11.6. The van der Waals surface area contributed by atoms with Crippen molar-refractivity contribution in [1.82, 2.24) is 9.80 Å². The quantitative estimate of drug-likeness (QED) is 0.662. The molecule has 0 bridgehead atoms. The zero-order valence-corrected chi connectivity index (χ0v) is 9.62. The molecular weight excluding hydrogens is 176 g/mol. The fraction of sp³-hybridized carbons (Fsp3) is 0.909. The van der Waals surface area contributed by atoms with Gasteiger partial charge in [0.05, 0.1) is 0 Å². The molecule has 0 N–H and O–H groups in total. The summed E-state index contributed by atoms with van der Waals surface area (Å²) >= 11 is 0. The molecule has 14 heavy (non-hydrogen) atoms. The molecule has 1 rings (SSSR count). The predicted molar refractivity (Wildman–Crippen MR) is 58.1 cm³/mol. The molecule has 1 fully saturated rings. The highest BCUT2D eigenvalue weighted by molar-refractivity contribution is 5.77. The van der Waals surface area contributed by atoms with Crippen molar-refractivity contribution >= 4 is 5.91 Å². The van der Waals surface area contributed by atoms with E-state index in [2.05, 4.69) is 25.9 Å². The van der Waals surface area contributed by atoms with Gasteiger partial charge in [-0.15, -0.1) is 0 Å². The van der Waals surface area contributed by atoms with Gasteiger partial charge >= 0.3 is 0 Å². The topological polar surface area (TPSA) is 23.6 Å². The minimum absolute atomic E-state index is 0.350. The summed E-state index contributed by atoms with van der Waals surface area (Å²) in [5.74, 6) is 0.869. The normalized spacial score (nSPS) is 18.1. The number of hydrogen-bond acceptors (Lipinski definition) is 2. The van der Waals surface area contributed by atoms with Crippen LogP contribution in [0, 0.1) is 5.92 Å². The first-order valence-electron chi connectivity index (χ1n) is 5.52. The molecule has 1 atom stereocenters. The first-order chi connectivity index (χ1) is 6.59. The lowest BCUT2D eigenvalue weighted by molar-refractivity contribution is -0.135. The summed E-state index contributed by atoms with van der Waals surface area (Å²) in [4.78, 5) is 15.7. The molecule has 0 aromatic heterocycles. The summed E-state index contributed by atoms with van der Waals surface area (Å²) in [5.41, 5.74) is 0. The average molecular weight is 198 g/mol. The largest absolute Gasteiger partial charge is 0.343 e. The highest BCUT2D eigenvalue weighted by Crippen LogP contribution is 2.14. The zero-order valence-electron chi connectivity index (χ0n) is 9.62. The van der Waals surface area contributed by atoms with Gasteiger partial charge in [-0.2, -0.15) is 0 Å². The van der Waals surface area contributed by atoms with Crippen LogP contribution in [-0.2, 0) is 4.79 Å². The Hall–Kier alpha value is -0.570. The Bertz CT molecular complexity index is 188. The van der Waals surface area contributed by atoms with Crippen molar-refractivity contribution < 1.29 is 4.79 Å². The minimum atomic E-state index is 0.350. The molecule has 1 aliphatic heterocycles. The highest BCUT2D eigenvalue weighted by atomic mass is 16.2. The Balaban J connectivity index is 2.12. The molecule has 82 valence electrons. The van der Waals surface area contributed by atoms with E-state index in [4.69, 9.17) is 0 Å². The van der Waals surface area contributed by atoms with Crippen LogP contribution in [-0.4, -0.2) is 49.4 Å².